The molecule has 1 aromatic rings. The summed E-state index contributed by atoms with van der Waals surface area (Å²) in [6.07, 6.45) is -0.701. The number of carbonyl (C=O) groups is 2. The molecule has 1 heterocycles. The van der Waals surface area contributed by atoms with E-state index >= 15 is 0 Å². The van der Waals surface area contributed by atoms with Crippen molar-refractivity contribution in [2.45, 2.75) is 19.1 Å². The normalized spacial score (nSPS) is 23.1. The Kier molecular flexibility index (Phi) is 4.57. The fourth-order valence-corrected chi connectivity index (χ4v) is 2.00. The van der Waals surface area contributed by atoms with Gasteiger partial charge < -0.3 is 19.9 Å². The van der Waals surface area contributed by atoms with Gasteiger partial charge in [-0.1, -0.05) is 18.2 Å². The van der Waals surface area contributed by atoms with Gasteiger partial charge in [0, 0.05) is 0 Å². The van der Waals surface area contributed by atoms with Gasteiger partial charge in [-0.2, -0.15) is 0 Å². The highest BCUT2D eigenvalue weighted by Crippen LogP contribution is 2.15. The van der Waals surface area contributed by atoms with Crippen LogP contribution in [0.25, 0.3) is 0 Å². The number of ether oxygens (including phenoxy) is 2. The summed E-state index contributed by atoms with van der Waals surface area (Å²) in [5.41, 5.74) is 0. The zero-order valence-electron chi connectivity index (χ0n) is 11.1. The highest BCUT2D eigenvalue weighted by Gasteiger charge is 2.35. The van der Waals surface area contributed by atoms with E-state index < -0.39 is 24.0 Å². The summed E-state index contributed by atoms with van der Waals surface area (Å²) in [6.45, 7) is 1.95. The molecule has 1 saturated heterocycles. The Morgan fingerprint density at radius 2 is 2.05 bits per heavy atom. The Labute approximate surface area is 116 Å². The molecule has 1 aliphatic heterocycles. The van der Waals surface area contributed by atoms with Crippen molar-refractivity contribution >= 4 is 11.9 Å². The molecule has 6 heteroatoms. The predicted octanol–water partition coefficient (Wildman–Crippen LogP) is 0.670. The average molecular weight is 279 g/mol. The third-order valence-corrected chi connectivity index (χ3v) is 3.15. The van der Waals surface area contributed by atoms with Crippen LogP contribution in [0.3, 0.4) is 0 Å². The van der Waals surface area contributed by atoms with Crippen molar-refractivity contribution in [2.75, 3.05) is 13.2 Å². The summed E-state index contributed by atoms with van der Waals surface area (Å²) in [7, 11) is 0. The highest BCUT2D eigenvalue weighted by atomic mass is 16.5. The number of carboxylic acid groups (broad SMARTS) is 1. The third-order valence-electron chi connectivity index (χ3n) is 3.15. The first-order chi connectivity index (χ1) is 9.58. The number of hydrogen-bond acceptors (Lipinski definition) is 4. The molecule has 2 rings (SSSR count). The minimum absolute atomic E-state index is 0.119. The molecule has 0 radical (unpaired) electrons. The second-order valence-electron chi connectivity index (χ2n) is 4.67. The van der Waals surface area contributed by atoms with Gasteiger partial charge in [-0.15, -0.1) is 0 Å². The first-order valence-corrected chi connectivity index (χ1v) is 6.40. The third kappa shape index (κ3) is 3.48. The molecule has 0 saturated carbocycles. The van der Waals surface area contributed by atoms with Gasteiger partial charge in [0.2, 0.25) is 0 Å². The number of nitrogens with one attached hydrogen (secondary N) is 1. The predicted molar refractivity (Wildman–Crippen MR) is 70.4 cm³/mol. The number of aliphatic carboxylic acids is 1. The molecule has 1 amide bonds. The number of carboxylic acids is 1. The minimum Gasteiger partial charge on any atom is -0.481 e. The number of rotatable bonds is 5. The van der Waals surface area contributed by atoms with E-state index in [-0.39, 0.29) is 19.1 Å². The van der Waals surface area contributed by atoms with Gasteiger partial charge in [0.1, 0.15) is 11.7 Å². The lowest BCUT2D eigenvalue weighted by Gasteiger charge is -2.19. The molecule has 1 aliphatic rings. The first kappa shape index (κ1) is 14.3. The van der Waals surface area contributed by atoms with Crippen LogP contribution in [-0.4, -0.2) is 42.3 Å². The van der Waals surface area contributed by atoms with Crippen molar-refractivity contribution in [1.82, 2.24) is 5.32 Å². The molecule has 0 aromatic heterocycles. The molecular formula is C14H17NO5. The quantitative estimate of drug-likeness (QED) is 0.827. The van der Waals surface area contributed by atoms with Crippen molar-refractivity contribution in [1.29, 1.82) is 0 Å². The zero-order valence-corrected chi connectivity index (χ0v) is 11.1. The first-order valence-electron chi connectivity index (χ1n) is 6.40. The van der Waals surface area contributed by atoms with Crippen molar-refractivity contribution in [3.8, 4) is 5.75 Å². The highest BCUT2D eigenvalue weighted by molar-refractivity contribution is 5.82. The molecule has 108 valence electrons. The largest absolute Gasteiger partial charge is 0.481 e. The van der Waals surface area contributed by atoms with Gasteiger partial charge in [-0.25, -0.2) is 0 Å². The maximum Gasteiger partial charge on any atom is 0.311 e. The summed E-state index contributed by atoms with van der Waals surface area (Å²) in [6, 6.07) is 8.47. The fourth-order valence-electron chi connectivity index (χ4n) is 2.00. The molecule has 0 bridgehead atoms. The minimum atomic E-state index is -0.968. The second kappa shape index (κ2) is 6.38. The fraction of sp³-hybridized carbons (Fsp3) is 0.429. The standard InChI is InChI=1S/C14H17NO5/c1-9(20-10-5-3-2-4-6-10)13(16)15-12-8-19-7-11(12)14(17)18/h2-6,9,11-12H,7-8H2,1H3,(H,15,16)(H,17,18). The van der Waals surface area contributed by atoms with E-state index in [1.807, 2.05) is 18.2 Å². The SMILES string of the molecule is CC(Oc1ccccc1)C(=O)NC1COCC1C(=O)O. The van der Waals surface area contributed by atoms with E-state index in [2.05, 4.69) is 5.32 Å². The van der Waals surface area contributed by atoms with Crippen LogP contribution in [-0.2, 0) is 14.3 Å². The molecule has 2 N–H and O–H groups in total. The molecule has 1 fully saturated rings. The topological polar surface area (TPSA) is 84.9 Å². The zero-order chi connectivity index (χ0) is 14.5. The molecule has 3 atom stereocenters. The van der Waals surface area contributed by atoms with Crippen LogP contribution in [0.15, 0.2) is 30.3 Å². The smallest absolute Gasteiger partial charge is 0.311 e. The van der Waals surface area contributed by atoms with E-state index in [0.717, 1.165) is 0 Å². The lowest BCUT2D eigenvalue weighted by atomic mass is 10.0. The lowest BCUT2D eigenvalue weighted by molar-refractivity contribution is -0.142. The maximum absolute atomic E-state index is 12.0. The van der Waals surface area contributed by atoms with Gasteiger partial charge in [0.05, 0.1) is 19.3 Å². The molecular weight excluding hydrogens is 262 g/mol. The molecule has 1 aromatic carbocycles. The summed E-state index contributed by atoms with van der Waals surface area (Å²) >= 11 is 0. The lowest BCUT2D eigenvalue weighted by Crippen LogP contribution is -2.47. The Bertz CT molecular complexity index is 476. The van der Waals surface area contributed by atoms with Gasteiger partial charge in [-0.05, 0) is 19.1 Å². The summed E-state index contributed by atoms with van der Waals surface area (Å²) in [4.78, 5) is 23.0. The van der Waals surface area contributed by atoms with Crippen LogP contribution in [0.2, 0.25) is 0 Å². The van der Waals surface area contributed by atoms with Gasteiger partial charge >= 0.3 is 5.97 Å². The van der Waals surface area contributed by atoms with Crippen LogP contribution < -0.4 is 10.1 Å². The summed E-state index contributed by atoms with van der Waals surface area (Å²) in [5, 5.41) is 11.7. The number of amides is 1. The van der Waals surface area contributed by atoms with Crippen molar-refractivity contribution in [2.24, 2.45) is 5.92 Å². The van der Waals surface area contributed by atoms with E-state index in [4.69, 9.17) is 14.6 Å². The van der Waals surface area contributed by atoms with E-state index in [9.17, 15) is 9.59 Å². The van der Waals surface area contributed by atoms with E-state index in [1.54, 1.807) is 19.1 Å². The Morgan fingerprint density at radius 1 is 1.35 bits per heavy atom. The summed E-state index contributed by atoms with van der Waals surface area (Å²) in [5.74, 6) is -1.43. The number of hydrogen-bond donors (Lipinski definition) is 2. The van der Waals surface area contributed by atoms with Gasteiger partial charge in [-0.3, -0.25) is 9.59 Å². The number of para-hydroxylation sites is 1. The summed E-state index contributed by atoms with van der Waals surface area (Å²) < 4.78 is 10.6. The van der Waals surface area contributed by atoms with Crippen LogP contribution in [0.5, 0.6) is 5.75 Å². The van der Waals surface area contributed by atoms with Crippen molar-refractivity contribution in [3.05, 3.63) is 30.3 Å². The Hall–Kier alpha value is -2.08. The van der Waals surface area contributed by atoms with Gasteiger partial charge in [0.15, 0.2) is 6.10 Å². The molecule has 6 nitrogen and oxygen atoms in total. The number of carbonyl (C=O) groups excluding carboxylic acids is 1. The monoisotopic (exact) mass is 279 g/mol. The van der Waals surface area contributed by atoms with Crippen LogP contribution in [0.4, 0.5) is 0 Å². The Balaban J connectivity index is 1.89. The van der Waals surface area contributed by atoms with Crippen molar-refractivity contribution in [3.63, 3.8) is 0 Å². The van der Waals surface area contributed by atoms with Crippen LogP contribution in [0, 0.1) is 5.92 Å². The molecule has 20 heavy (non-hydrogen) atoms. The van der Waals surface area contributed by atoms with Crippen LogP contribution >= 0.6 is 0 Å². The molecule has 3 unspecified atom stereocenters. The van der Waals surface area contributed by atoms with Gasteiger partial charge in [0.25, 0.3) is 5.91 Å². The molecule has 0 spiro atoms. The van der Waals surface area contributed by atoms with Crippen LogP contribution in [0.1, 0.15) is 6.92 Å². The average Bonchev–Trinajstić information content (AvgIpc) is 2.88. The number of benzene rings is 1. The van der Waals surface area contributed by atoms with E-state index in [1.165, 1.54) is 0 Å². The second-order valence-corrected chi connectivity index (χ2v) is 4.67. The Morgan fingerprint density at radius 3 is 2.70 bits per heavy atom. The maximum atomic E-state index is 12.0. The van der Waals surface area contributed by atoms with E-state index in [0.29, 0.717) is 5.75 Å². The molecule has 0 aliphatic carbocycles. The van der Waals surface area contributed by atoms with Crippen molar-refractivity contribution < 1.29 is 24.2 Å².